The Kier molecular flexibility index (Phi) is 5.65. The summed E-state index contributed by atoms with van der Waals surface area (Å²) in [4.78, 5) is 14.7. The minimum Gasteiger partial charge on any atom is -0.381 e. The molecule has 2 aliphatic heterocycles. The van der Waals surface area contributed by atoms with Crippen molar-refractivity contribution in [2.45, 2.75) is 39.5 Å². The standard InChI is InChI=1S/C14H26N2O2.ClH/c1-13(2)3-7-16(8-4-13)12(17)14(11-15)5-9-18-10-6-14;/h3-11,15H2,1-2H3;1H. The zero-order chi connectivity index (χ0) is 13.2. The molecule has 2 saturated heterocycles. The van der Waals surface area contributed by atoms with E-state index in [0.29, 0.717) is 25.2 Å². The molecule has 1 amide bonds. The van der Waals surface area contributed by atoms with E-state index in [-0.39, 0.29) is 23.7 Å². The maximum atomic E-state index is 12.7. The molecular weight excluding hydrogens is 264 g/mol. The summed E-state index contributed by atoms with van der Waals surface area (Å²) in [5.41, 5.74) is 5.93. The summed E-state index contributed by atoms with van der Waals surface area (Å²) in [5, 5.41) is 0. The summed E-state index contributed by atoms with van der Waals surface area (Å²) in [5.74, 6) is 0.267. The number of nitrogens with zero attached hydrogens (tertiary/aromatic N) is 1. The number of carbonyl (C=O) groups excluding carboxylic acids is 1. The van der Waals surface area contributed by atoms with Crippen molar-refractivity contribution in [3.05, 3.63) is 0 Å². The number of hydrogen-bond acceptors (Lipinski definition) is 3. The molecule has 19 heavy (non-hydrogen) atoms. The van der Waals surface area contributed by atoms with Crippen LogP contribution in [0.3, 0.4) is 0 Å². The van der Waals surface area contributed by atoms with Gasteiger partial charge in [0.05, 0.1) is 5.41 Å². The second kappa shape index (κ2) is 6.42. The smallest absolute Gasteiger partial charge is 0.230 e. The van der Waals surface area contributed by atoms with Crippen molar-refractivity contribution in [3.63, 3.8) is 0 Å². The lowest BCUT2D eigenvalue weighted by Crippen LogP contribution is -2.53. The van der Waals surface area contributed by atoms with Gasteiger partial charge in [-0.25, -0.2) is 0 Å². The average Bonchev–Trinajstić information content (AvgIpc) is 2.39. The number of rotatable bonds is 2. The molecule has 4 nitrogen and oxygen atoms in total. The Morgan fingerprint density at radius 1 is 1.16 bits per heavy atom. The van der Waals surface area contributed by atoms with Gasteiger partial charge in [-0.15, -0.1) is 12.4 Å². The van der Waals surface area contributed by atoms with Crippen molar-refractivity contribution in [1.82, 2.24) is 4.90 Å². The highest BCUT2D eigenvalue weighted by Crippen LogP contribution is 2.35. The highest BCUT2D eigenvalue weighted by Gasteiger charge is 2.42. The molecular formula is C14H27ClN2O2. The molecule has 0 aromatic rings. The largest absolute Gasteiger partial charge is 0.381 e. The maximum absolute atomic E-state index is 12.7. The number of carbonyl (C=O) groups is 1. The van der Waals surface area contributed by atoms with Crippen LogP contribution in [0.2, 0.25) is 0 Å². The van der Waals surface area contributed by atoms with Gasteiger partial charge >= 0.3 is 0 Å². The zero-order valence-electron chi connectivity index (χ0n) is 12.1. The van der Waals surface area contributed by atoms with Gasteiger partial charge in [-0.05, 0) is 31.1 Å². The van der Waals surface area contributed by atoms with Gasteiger partial charge in [0.1, 0.15) is 0 Å². The van der Waals surface area contributed by atoms with Crippen LogP contribution in [0.25, 0.3) is 0 Å². The molecule has 0 bridgehead atoms. The minimum atomic E-state index is -0.347. The van der Waals surface area contributed by atoms with E-state index in [0.717, 1.165) is 38.8 Å². The number of amides is 1. The van der Waals surface area contributed by atoms with Crippen molar-refractivity contribution in [2.24, 2.45) is 16.6 Å². The van der Waals surface area contributed by atoms with Crippen molar-refractivity contribution < 1.29 is 9.53 Å². The van der Waals surface area contributed by atoms with E-state index < -0.39 is 0 Å². The molecule has 0 aromatic carbocycles. The van der Waals surface area contributed by atoms with Gasteiger partial charge in [-0.3, -0.25) is 4.79 Å². The number of ether oxygens (including phenoxy) is 1. The lowest BCUT2D eigenvalue weighted by Gasteiger charge is -2.43. The van der Waals surface area contributed by atoms with Gasteiger partial charge in [0.2, 0.25) is 5.91 Å². The molecule has 2 heterocycles. The number of likely N-dealkylation sites (tertiary alicyclic amines) is 1. The predicted octanol–water partition coefficient (Wildman–Crippen LogP) is 1.81. The van der Waals surface area contributed by atoms with Gasteiger partial charge in [0.15, 0.2) is 0 Å². The molecule has 0 unspecified atom stereocenters. The summed E-state index contributed by atoms with van der Waals surface area (Å²) in [6, 6.07) is 0. The second-order valence-electron chi connectivity index (χ2n) is 6.55. The Morgan fingerprint density at radius 2 is 1.68 bits per heavy atom. The van der Waals surface area contributed by atoms with Gasteiger partial charge in [-0.1, -0.05) is 13.8 Å². The molecule has 0 aromatic heterocycles. The average molecular weight is 291 g/mol. The Labute approximate surface area is 122 Å². The Bertz CT molecular complexity index is 305. The Hall–Kier alpha value is -0.320. The van der Waals surface area contributed by atoms with E-state index in [1.54, 1.807) is 0 Å². The maximum Gasteiger partial charge on any atom is 0.230 e. The fraction of sp³-hybridized carbons (Fsp3) is 0.929. The van der Waals surface area contributed by atoms with Crippen molar-refractivity contribution in [1.29, 1.82) is 0 Å². The van der Waals surface area contributed by atoms with Crippen LogP contribution in [0.5, 0.6) is 0 Å². The van der Waals surface area contributed by atoms with Crippen LogP contribution >= 0.6 is 12.4 Å². The summed E-state index contributed by atoms with van der Waals surface area (Å²) < 4.78 is 5.37. The zero-order valence-corrected chi connectivity index (χ0v) is 12.9. The lowest BCUT2D eigenvalue weighted by atomic mass is 9.77. The van der Waals surface area contributed by atoms with Crippen LogP contribution in [0, 0.1) is 10.8 Å². The molecule has 0 atom stereocenters. The normalized spacial score (nSPS) is 25.5. The molecule has 0 saturated carbocycles. The topological polar surface area (TPSA) is 55.6 Å². The van der Waals surface area contributed by atoms with Crippen LogP contribution in [-0.4, -0.2) is 43.7 Å². The van der Waals surface area contributed by atoms with E-state index in [4.69, 9.17) is 10.5 Å². The van der Waals surface area contributed by atoms with Gasteiger partial charge in [0.25, 0.3) is 0 Å². The molecule has 2 rings (SSSR count). The van der Waals surface area contributed by atoms with Crippen molar-refractivity contribution in [3.8, 4) is 0 Å². The SMILES string of the molecule is CC1(C)CCN(C(=O)C2(CN)CCOCC2)CC1.Cl. The summed E-state index contributed by atoms with van der Waals surface area (Å²) in [7, 11) is 0. The molecule has 0 aliphatic carbocycles. The van der Waals surface area contributed by atoms with E-state index in [9.17, 15) is 4.79 Å². The Morgan fingerprint density at radius 3 is 2.16 bits per heavy atom. The first-order valence-corrected chi connectivity index (χ1v) is 7.06. The van der Waals surface area contributed by atoms with E-state index in [1.165, 1.54) is 0 Å². The van der Waals surface area contributed by atoms with Gasteiger partial charge in [-0.2, -0.15) is 0 Å². The Balaban J connectivity index is 0.00000180. The highest BCUT2D eigenvalue weighted by molar-refractivity contribution is 5.85. The lowest BCUT2D eigenvalue weighted by molar-refractivity contribution is -0.149. The van der Waals surface area contributed by atoms with E-state index in [1.807, 2.05) is 4.90 Å². The first kappa shape index (κ1) is 16.7. The molecule has 0 radical (unpaired) electrons. The quantitative estimate of drug-likeness (QED) is 0.844. The monoisotopic (exact) mass is 290 g/mol. The van der Waals surface area contributed by atoms with E-state index in [2.05, 4.69) is 13.8 Å². The molecule has 2 fully saturated rings. The third-order valence-corrected chi connectivity index (χ3v) is 4.70. The van der Waals surface area contributed by atoms with Crippen LogP contribution in [0.4, 0.5) is 0 Å². The number of nitrogens with two attached hydrogens (primary N) is 1. The van der Waals surface area contributed by atoms with Crippen molar-refractivity contribution >= 4 is 18.3 Å². The third-order valence-electron chi connectivity index (χ3n) is 4.70. The molecule has 2 N–H and O–H groups in total. The van der Waals surface area contributed by atoms with Crippen LogP contribution < -0.4 is 5.73 Å². The predicted molar refractivity (Wildman–Crippen MR) is 78.4 cm³/mol. The minimum absolute atomic E-state index is 0. The van der Waals surface area contributed by atoms with Crippen LogP contribution in [0.1, 0.15) is 39.5 Å². The van der Waals surface area contributed by atoms with Gasteiger partial charge in [0, 0.05) is 32.8 Å². The molecule has 5 heteroatoms. The summed E-state index contributed by atoms with van der Waals surface area (Å²) in [6.45, 7) is 8.12. The van der Waals surface area contributed by atoms with Crippen LogP contribution in [0.15, 0.2) is 0 Å². The van der Waals surface area contributed by atoms with E-state index >= 15 is 0 Å². The summed E-state index contributed by atoms with van der Waals surface area (Å²) >= 11 is 0. The fourth-order valence-corrected chi connectivity index (χ4v) is 2.92. The second-order valence-corrected chi connectivity index (χ2v) is 6.55. The number of halogens is 1. The van der Waals surface area contributed by atoms with Gasteiger partial charge < -0.3 is 15.4 Å². The highest BCUT2D eigenvalue weighted by atomic mass is 35.5. The molecule has 0 spiro atoms. The first-order valence-electron chi connectivity index (χ1n) is 7.06. The fourth-order valence-electron chi connectivity index (χ4n) is 2.92. The third kappa shape index (κ3) is 3.61. The number of hydrogen-bond donors (Lipinski definition) is 1. The molecule has 112 valence electrons. The van der Waals surface area contributed by atoms with Crippen molar-refractivity contribution in [2.75, 3.05) is 32.8 Å². The number of piperidine rings is 1. The first-order chi connectivity index (χ1) is 8.49. The van der Waals surface area contributed by atoms with Crippen LogP contribution in [-0.2, 0) is 9.53 Å². The summed E-state index contributed by atoms with van der Waals surface area (Å²) in [6.07, 6.45) is 3.75. The molecule has 2 aliphatic rings.